The lowest BCUT2D eigenvalue weighted by molar-refractivity contribution is -0.349. The van der Waals surface area contributed by atoms with E-state index < -0.39 is 0 Å². The maximum atomic E-state index is 11.3. The van der Waals surface area contributed by atoms with Crippen LogP contribution in [0.2, 0.25) is 0 Å². The lowest BCUT2D eigenvalue weighted by Gasteiger charge is -2.16. The molecule has 0 amide bonds. The monoisotopic (exact) mass is 224 g/mol. The van der Waals surface area contributed by atoms with Gasteiger partial charge in [0.2, 0.25) is 5.69 Å². The van der Waals surface area contributed by atoms with Gasteiger partial charge in [-0.3, -0.25) is 4.79 Å². The van der Waals surface area contributed by atoms with Gasteiger partial charge in [0.15, 0.2) is 11.5 Å². The first-order chi connectivity index (χ1) is 8.09. The fourth-order valence-electron chi connectivity index (χ4n) is 2.32. The Kier molecular flexibility index (Phi) is 1.96. The van der Waals surface area contributed by atoms with E-state index >= 15 is 0 Å². The third-order valence-corrected chi connectivity index (χ3v) is 3.54. The Balaban J connectivity index is 2.08. The molecule has 0 aromatic heterocycles. The van der Waals surface area contributed by atoms with Gasteiger partial charge < -0.3 is 0 Å². The quantitative estimate of drug-likeness (QED) is 0.714. The number of para-hydroxylation sites is 1. The summed E-state index contributed by atoms with van der Waals surface area (Å²) in [5.41, 5.74) is 4.23. The smallest absolute Gasteiger partial charge is 0.208 e. The molecule has 0 spiro atoms. The van der Waals surface area contributed by atoms with Crippen LogP contribution in [0.1, 0.15) is 19.4 Å². The number of benzene rings is 1. The maximum Gasteiger partial charge on any atom is 0.208 e. The summed E-state index contributed by atoms with van der Waals surface area (Å²) in [6.45, 7) is 4.34. The van der Waals surface area contributed by atoms with Crippen LogP contribution >= 0.6 is 0 Å². The van der Waals surface area contributed by atoms with Crippen molar-refractivity contribution in [2.45, 2.75) is 19.3 Å². The average Bonchev–Trinajstić information content (AvgIpc) is 2.57. The molecule has 1 aliphatic heterocycles. The Morgan fingerprint density at radius 2 is 1.94 bits per heavy atom. The first kappa shape index (κ1) is 10.2. The molecule has 0 saturated carbocycles. The maximum absolute atomic E-state index is 11.3. The van der Waals surface area contributed by atoms with Crippen LogP contribution in [0.4, 0.5) is 5.69 Å². The second-order valence-electron chi connectivity index (χ2n) is 5.01. The largest absolute Gasteiger partial charge is 0.289 e. The highest BCUT2D eigenvalue weighted by molar-refractivity contribution is 6.18. The van der Waals surface area contributed by atoms with Crippen LogP contribution in [-0.2, 0) is 10.2 Å². The number of fused-ring (bicyclic) bond motifs is 1. The molecule has 0 unspecified atom stereocenters. The summed E-state index contributed by atoms with van der Waals surface area (Å²) in [7, 11) is 0. The van der Waals surface area contributed by atoms with Gasteiger partial charge in [-0.1, -0.05) is 18.2 Å². The molecular formula is C15H14NO+. The number of hydrogen-bond acceptors (Lipinski definition) is 1. The summed E-state index contributed by atoms with van der Waals surface area (Å²) in [5.74, 6) is 0.117. The lowest BCUT2D eigenvalue weighted by Crippen LogP contribution is -2.65. The molecule has 3 rings (SSSR count). The molecule has 1 aromatic rings. The Hall–Kier alpha value is -1.96. The number of hydrogen-bond donors (Lipinski definition) is 1. The molecule has 0 saturated heterocycles. The second kappa shape index (κ2) is 3.27. The third kappa shape index (κ3) is 1.41. The van der Waals surface area contributed by atoms with Crippen molar-refractivity contribution in [3.63, 3.8) is 0 Å². The van der Waals surface area contributed by atoms with Crippen molar-refractivity contribution in [2.75, 3.05) is 0 Å². The predicted octanol–water partition coefficient (Wildman–Crippen LogP) is 1.20. The van der Waals surface area contributed by atoms with E-state index in [1.165, 1.54) is 5.56 Å². The average molecular weight is 224 g/mol. The van der Waals surface area contributed by atoms with E-state index in [-0.39, 0.29) is 11.2 Å². The van der Waals surface area contributed by atoms with E-state index in [0.29, 0.717) is 0 Å². The van der Waals surface area contributed by atoms with Crippen LogP contribution in [0.5, 0.6) is 0 Å². The van der Waals surface area contributed by atoms with Gasteiger partial charge in [-0.2, -0.15) is 0 Å². The third-order valence-electron chi connectivity index (χ3n) is 3.54. The van der Waals surface area contributed by atoms with Gasteiger partial charge >= 0.3 is 0 Å². The summed E-state index contributed by atoms with van der Waals surface area (Å²) in [6, 6.07) is 8.27. The molecule has 0 bridgehead atoms. The zero-order valence-corrected chi connectivity index (χ0v) is 9.95. The molecule has 0 atom stereocenters. The molecule has 1 aromatic carbocycles. The number of ketones is 1. The highest BCUT2D eigenvalue weighted by Gasteiger charge is 2.40. The Morgan fingerprint density at radius 1 is 1.18 bits per heavy atom. The highest BCUT2D eigenvalue weighted by Crippen LogP contribution is 2.32. The van der Waals surface area contributed by atoms with Crippen molar-refractivity contribution >= 4 is 17.2 Å². The molecule has 1 heterocycles. The van der Waals surface area contributed by atoms with Crippen LogP contribution in [0.15, 0.2) is 48.1 Å². The zero-order valence-electron chi connectivity index (χ0n) is 9.95. The first-order valence-electron chi connectivity index (χ1n) is 5.77. The van der Waals surface area contributed by atoms with Crippen LogP contribution in [-0.4, -0.2) is 11.5 Å². The summed E-state index contributed by atoms with van der Waals surface area (Å²) >= 11 is 0. The highest BCUT2D eigenvalue weighted by atomic mass is 16.1. The molecular weight excluding hydrogens is 210 g/mol. The van der Waals surface area contributed by atoms with Crippen molar-refractivity contribution in [2.24, 2.45) is 0 Å². The van der Waals surface area contributed by atoms with Gasteiger partial charge in [0.05, 0.1) is 5.41 Å². The molecule has 17 heavy (non-hydrogen) atoms. The summed E-state index contributed by atoms with van der Waals surface area (Å²) < 4.78 is 0. The number of allylic oxidation sites excluding steroid dienone is 4. The molecule has 84 valence electrons. The minimum atomic E-state index is -0.0622. The Morgan fingerprint density at radius 3 is 2.53 bits per heavy atom. The first-order valence-corrected chi connectivity index (χ1v) is 5.77. The summed E-state index contributed by atoms with van der Waals surface area (Å²) in [5, 5.41) is 0. The van der Waals surface area contributed by atoms with Crippen molar-refractivity contribution in [3.8, 4) is 0 Å². The van der Waals surface area contributed by atoms with E-state index in [9.17, 15) is 4.79 Å². The van der Waals surface area contributed by atoms with Crippen molar-refractivity contribution < 1.29 is 9.79 Å². The van der Waals surface area contributed by atoms with E-state index in [1.807, 2.05) is 24.3 Å². The van der Waals surface area contributed by atoms with Gasteiger partial charge in [-0.05, 0) is 26.0 Å². The van der Waals surface area contributed by atoms with Crippen LogP contribution in [0.3, 0.4) is 0 Å². The van der Waals surface area contributed by atoms with Gasteiger partial charge in [0.25, 0.3) is 0 Å². The van der Waals surface area contributed by atoms with Crippen LogP contribution in [0.25, 0.3) is 0 Å². The SMILES string of the molecule is CC1(C)C(/C=C2\C=CC2=O)=[NH+]c2ccccc21. The number of carbonyl (C=O) groups excluding carboxylic acids is 1. The van der Waals surface area contributed by atoms with Gasteiger partial charge in [-0.15, -0.1) is 0 Å². The normalized spacial score (nSPS) is 22.4. The van der Waals surface area contributed by atoms with Crippen LogP contribution < -0.4 is 4.99 Å². The van der Waals surface area contributed by atoms with Gasteiger partial charge in [-0.25, -0.2) is 4.99 Å². The minimum Gasteiger partial charge on any atom is -0.289 e. The van der Waals surface area contributed by atoms with Crippen molar-refractivity contribution in [3.05, 3.63) is 53.6 Å². The molecule has 2 heteroatoms. The summed E-state index contributed by atoms with van der Waals surface area (Å²) in [6.07, 6.45) is 5.42. The lowest BCUT2D eigenvalue weighted by atomic mass is 9.80. The number of nitrogens with one attached hydrogen (secondary N) is 1. The van der Waals surface area contributed by atoms with E-state index in [2.05, 4.69) is 31.0 Å². The fraction of sp³-hybridized carbons (Fsp3) is 0.200. The van der Waals surface area contributed by atoms with Gasteiger partial charge in [0, 0.05) is 23.3 Å². The topological polar surface area (TPSA) is 31.0 Å². The van der Waals surface area contributed by atoms with E-state index in [0.717, 1.165) is 17.0 Å². The van der Waals surface area contributed by atoms with E-state index in [1.54, 1.807) is 6.08 Å². The predicted molar refractivity (Wildman–Crippen MR) is 67.3 cm³/mol. The molecule has 1 N–H and O–H groups in total. The molecule has 2 nitrogen and oxygen atoms in total. The van der Waals surface area contributed by atoms with E-state index in [4.69, 9.17) is 0 Å². The zero-order chi connectivity index (χ0) is 12.0. The van der Waals surface area contributed by atoms with Crippen molar-refractivity contribution in [1.29, 1.82) is 0 Å². The summed E-state index contributed by atoms with van der Waals surface area (Å²) in [4.78, 5) is 14.7. The number of rotatable bonds is 1. The van der Waals surface area contributed by atoms with Gasteiger partial charge in [0.1, 0.15) is 0 Å². The standard InChI is InChI=1S/C15H13NO/c1-15(2)11-5-3-4-6-12(11)16-14(15)9-10-7-8-13(10)17/h3-9H,1-2H3/p+1/b10-9+. The van der Waals surface area contributed by atoms with Crippen molar-refractivity contribution in [1.82, 2.24) is 0 Å². The second-order valence-corrected chi connectivity index (χ2v) is 5.01. The molecule has 2 aliphatic rings. The number of carbonyl (C=O) groups is 1. The Labute approximate surface area is 100 Å². The molecule has 0 radical (unpaired) electrons. The fourth-order valence-corrected chi connectivity index (χ4v) is 2.32. The molecule has 0 fully saturated rings. The molecule has 1 aliphatic carbocycles. The minimum absolute atomic E-state index is 0.0622. The Bertz CT molecular complexity index is 603. The van der Waals surface area contributed by atoms with Crippen LogP contribution in [0, 0.1) is 0 Å².